The van der Waals surface area contributed by atoms with Crippen LogP contribution >= 0.6 is 0 Å². The first-order chi connectivity index (χ1) is 7.92. The maximum absolute atomic E-state index is 11.1. The van der Waals surface area contributed by atoms with Gasteiger partial charge < -0.3 is 9.47 Å². The third kappa shape index (κ3) is 5.09. The van der Waals surface area contributed by atoms with Gasteiger partial charge in [-0.2, -0.15) is 0 Å². The molecule has 0 aliphatic heterocycles. The predicted octanol–water partition coefficient (Wildman–Crippen LogP) is 1.38. The average molecular weight is 257 g/mol. The molecule has 1 aromatic heterocycles. The Bertz CT molecular complexity index is 373. The van der Waals surface area contributed by atoms with E-state index in [0.717, 1.165) is 6.04 Å². The van der Waals surface area contributed by atoms with E-state index in [-0.39, 0.29) is 5.82 Å². The van der Waals surface area contributed by atoms with Crippen molar-refractivity contribution in [2.45, 2.75) is 32.4 Å². The molecule has 0 aliphatic carbocycles. The first-order valence-electron chi connectivity index (χ1n) is 5.48. The normalized spacial score (nSPS) is 11.5. The third-order valence-corrected chi connectivity index (χ3v) is 3.83. The van der Waals surface area contributed by atoms with Gasteiger partial charge in [0.2, 0.25) is 0 Å². The van der Waals surface area contributed by atoms with Gasteiger partial charge in [0.15, 0.2) is 0 Å². The Balaban J connectivity index is 2.33. The molecule has 1 heterocycles. The van der Waals surface area contributed by atoms with Crippen LogP contribution in [-0.4, -0.2) is 42.5 Å². The Kier molecular flexibility index (Phi) is 4.82. The minimum Gasteiger partial charge on any atom is -0.463 e. The van der Waals surface area contributed by atoms with E-state index in [4.69, 9.17) is 4.74 Å². The summed E-state index contributed by atoms with van der Waals surface area (Å²) in [6.45, 7) is 7.90. The summed E-state index contributed by atoms with van der Waals surface area (Å²) in [6, 6.07) is 1.10. The summed E-state index contributed by atoms with van der Waals surface area (Å²) >= 11 is 0. The molecule has 0 saturated carbocycles. The maximum Gasteiger partial charge on any atom is 0.377 e. The molecule has 6 nitrogen and oxygen atoms in total. The quantitative estimate of drug-likeness (QED) is 0.437. The van der Waals surface area contributed by atoms with E-state index in [1.807, 2.05) is 0 Å². The van der Waals surface area contributed by atoms with Crippen molar-refractivity contribution in [3.63, 3.8) is 0 Å². The summed E-state index contributed by atoms with van der Waals surface area (Å²) in [5.74, 6) is -0.479. The van der Waals surface area contributed by atoms with E-state index in [2.05, 4.69) is 34.5 Å². The van der Waals surface area contributed by atoms with Gasteiger partial charge in [0.05, 0.1) is 7.11 Å². The molecule has 0 aromatic carbocycles. The van der Waals surface area contributed by atoms with Gasteiger partial charge in [-0.3, -0.25) is 0 Å². The Labute approximate surface area is 102 Å². The van der Waals surface area contributed by atoms with Crippen LogP contribution in [0.3, 0.4) is 0 Å². The van der Waals surface area contributed by atoms with Crippen LogP contribution in [0.15, 0.2) is 6.33 Å². The molecule has 96 valence electrons. The third-order valence-electron chi connectivity index (χ3n) is 2.12. The number of hydrogen-bond donors (Lipinski definition) is 0. The first-order valence-corrected chi connectivity index (χ1v) is 9.18. The molecule has 17 heavy (non-hydrogen) atoms. The molecule has 1 aromatic rings. The first kappa shape index (κ1) is 13.9. The van der Waals surface area contributed by atoms with Crippen LogP contribution in [-0.2, 0) is 16.2 Å². The van der Waals surface area contributed by atoms with Gasteiger partial charge in [-0.15, -0.1) is 5.10 Å². The second-order valence-electron chi connectivity index (χ2n) is 4.95. The number of hydrogen-bond acceptors (Lipinski definition) is 5. The Morgan fingerprint density at radius 1 is 1.47 bits per heavy atom. The highest BCUT2D eigenvalue weighted by molar-refractivity contribution is 6.76. The summed E-state index contributed by atoms with van der Waals surface area (Å²) in [4.78, 5) is 14.9. The summed E-state index contributed by atoms with van der Waals surface area (Å²) in [5.41, 5.74) is 0. The lowest BCUT2D eigenvalue weighted by Crippen LogP contribution is -2.22. The fourth-order valence-corrected chi connectivity index (χ4v) is 1.83. The second-order valence-corrected chi connectivity index (χ2v) is 10.6. The molecule has 0 spiro atoms. The number of carbonyl (C=O) groups excluding carboxylic acids is 1. The highest BCUT2D eigenvalue weighted by Gasteiger charge is 2.13. The molecule has 0 aliphatic rings. The molecule has 0 saturated heterocycles. The number of methoxy groups -OCH3 is 1. The number of carbonyl (C=O) groups is 1. The number of esters is 1. The molecule has 0 fully saturated rings. The van der Waals surface area contributed by atoms with E-state index >= 15 is 0 Å². The van der Waals surface area contributed by atoms with E-state index in [1.54, 1.807) is 0 Å². The molecule has 0 N–H and O–H groups in total. The lowest BCUT2D eigenvalue weighted by molar-refractivity contribution is 0.0578. The van der Waals surface area contributed by atoms with Crippen LogP contribution in [0.5, 0.6) is 0 Å². The molecule has 1 rings (SSSR count). The van der Waals surface area contributed by atoms with Crippen LogP contribution < -0.4 is 0 Å². The smallest absolute Gasteiger partial charge is 0.377 e. The van der Waals surface area contributed by atoms with Crippen molar-refractivity contribution in [1.82, 2.24) is 14.8 Å². The topological polar surface area (TPSA) is 66.2 Å². The molecule has 0 amide bonds. The number of nitrogens with zero attached hydrogens (tertiary/aromatic N) is 3. The summed E-state index contributed by atoms with van der Waals surface area (Å²) in [5, 5.41) is 3.93. The molecular formula is C10H19N3O3Si. The van der Waals surface area contributed by atoms with Crippen LogP contribution in [0.4, 0.5) is 0 Å². The van der Waals surface area contributed by atoms with Crippen molar-refractivity contribution < 1.29 is 14.3 Å². The minimum absolute atomic E-state index is 0.0568. The number of ether oxygens (including phenoxy) is 2. The fourth-order valence-electron chi connectivity index (χ4n) is 1.08. The average Bonchev–Trinajstić information content (AvgIpc) is 2.70. The molecule has 0 radical (unpaired) electrons. The minimum atomic E-state index is -1.06. The van der Waals surface area contributed by atoms with Gasteiger partial charge in [0, 0.05) is 14.7 Å². The highest BCUT2D eigenvalue weighted by Crippen LogP contribution is 2.07. The van der Waals surface area contributed by atoms with E-state index < -0.39 is 14.0 Å². The van der Waals surface area contributed by atoms with Gasteiger partial charge in [0.1, 0.15) is 13.1 Å². The summed E-state index contributed by atoms with van der Waals surface area (Å²) in [6.07, 6.45) is 1.46. The van der Waals surface area contributed by atoms with Crippen molar-refractivity contribution in [1.29, 1.82) is 0 Å². The molecule has 0 bridgehead atoms. The lowest BCUT2D eigenvalue weighted by Gasteiger charge is -2.15. The zero-order valence-corrected chi connectivity index (χ0v) is 11.8. The zero-order valence-electron chi connectivity index (χ0n) is 10.8. The lowest BCUT2D eigenvalue weighted by atomic mass is 10.6. The van der Waals surface area contributed by atoms with E-state index in [1.165, 1.54) is 18.1 Å². The van der Waals surface area contributed by atoms with Crippen molar-refractivity contribution >= 4 is 14.0 Å². The second kappa shape index (κ2) is 5.92. The monoisotopic (exact) mass is 257 g/mol. The molecular weight excluding hydrogens is 238 g/mol. The highest BCUT2D eigenvalue weighted by atomic mass is 28.3. The van der Waals surface area contributed by atoms with Gasteiger partial charge in [0.25, 0.3) is 5.82 Å². The van der Waals surface area contributed by atoms with Crippen LogP contribution in [0.2, 0.25) is 25.7 Å². The summed E-state index contributed by atoms with van der Waals surface area (Å²) in [7, 11) is 0.241. The number of rotatable bonds is 6. The Morgan fingerprint density at radius 2 is 2.18 bits per heavy atom. The molecule has 0 atom stereocenters. The van der Waals surface area contributed by atoms with E-state index in [0.29, 0.717) is 13.3 Å². The van der Waals surface area contributed by atoms with Gasteiger partial charge in [-0.25, -0.2) is 14.5 Å². The molecule has 0 unspecified atom stereocenters. The Morgan fingerprint density at radius 3 is 2.76 bits per heavy atom. The van der Waals surface area contributed by atoms with Crippen molar-refractivity contribution in [2.24, 2.45) is 0 Å². The van der Waals surface area contributed by atoms with Crippen LogP contribution in [0, 0.1) is 0 Å². The SMILES string of the molecule is COC(=O)c1ncn(COCC[Si](C)(C)C)n1. The van der Waals surface area contributed by atoms with Gasteiger partial charge in [-0.1, -0.05) is 19.6 Å². The van der Waals surface area contributed by atoms with Crippen molar-refractivity contribution in [3.05, 3.63) is 12.2 Å². The van der Waals surface area contributed by atoms with Gasteiger partial charge >= 0.3 is 5.97 Å². The van der Waals surface area contributed by atoms with Gasteiger partial charge in [-0.05, 0) is 6.04 Å². The fraction of sp³-hybridized carbons (Fsp3) is 0.700. The number of aromatic nitrogens is 3. The van der Waals surface area contributed by atoms with Crippen molar-refractivity contribution in [3.8, 4) is 0 Å². The van der Waals surface area contributed by atoms with Crippen LogP contribution in [0.25, 0.3) is 0 Å². The zero-order chi connectivity index (χ0) is 12.9. The van der Waals surface area contributed by atoms with E-state index in [9.17, 15) is 4.79 Å². The Hall–Kier alpha value is -1.21. The largest absolute Gasteiger partial charge is 0.463 e. The van der Waals surface area contributed by atoms with Crippen molar-refractivity contribution in [2.75, 3.05) is 13.7 Å². The maximum atomic E-state index is 11.1. The summed E-state index contributed by atoms with van der Waals surface area (Å²) < 4.78 is 11.5. The van der Waals surface area contributed by atoms with Crippen LogP contribution in [0.1, 0.15) is 10.6 Å². The predicted molar refractivity (Wildman–Crippen MR) is 65.5 cm³/mol. The molecule has 7 heteroatoms. The standard InChI is InChI=1S/C10H19N3O3Si/c1-15-10(14)9-11-7-13(12-9)8-16-5-6-17(2,3)4/h7H,5-6,8H2,1-4H3.